The number of likely N-dealkylation sites (tertiary alicyclic amines) is 1. The van der Waals surface area contributed by atoms with Crippen LogP contribution < -0.4 is 25.0 Å². The standard InChI is InChI=1S/C25H34N4O3/c1-28-15-12-19-16-18(10-11-21(19)28)22(29-13-5-4-6-14-29)17-26-25(30)27-20-8-7-9-23(31-2)24(20)32-3/h7-11,16,22H,4-6,12-15,17H2,1-3H3,(H2,26,27,30)/t22-/m1/s1. The number of carbonyl (C=O) groups excluding carboxylic acids is 1. The lowest BCUT2D eigenvalue weighted by molar-refractivity contribution is 0.161. The molecule has 32 heavy (non-hydrogen) atoms. The van der Waals surface area contributed by atoms with Crippen molar-refractivity contribution in [1.29, 1.82) is 0 Å². The zero-order valence-electron chi connectivity index (χ0n) is 19.3. The third-order valence-electron chi connectivity index (χ3n) is 6.55. The van der Waals surface area contributed by atoms with Crippen molar-refractivity contribution in [3.05, 3.63) is 47.5 Å². The lowest BCUT2D eigenvalue weighted by atomic mass is 9.98. The summed E-state index contributed by atoms with van der Waals surface area (Å²) in [6.45, 7) is 3.74. The Morgan fingerprint density at radius 3 is 2.62 bits per heavy atom. The van der Waals surface area contributed by atoms with E-state index in [1.807, 2.05) is 6.07 Å². The SMILES string of the molecule is COc1cccc(NC(=O)NC[C@H](c2ccc3c(c2)CCN3C)N2CCCCC2)c1OC. The van der Waals surface area contributed by atoms with Crippen LogP contribution in [0.15, 0.2) is 36.4 Å². The molecule has 7 nitrogen and oxygen atoms in total. The van der Waals surface area contributed by atoms with E-state index in [0.29, 0.717) is 23.7 Å². The highest BCUT2D eigenvalue weighted by molar-refractivity contribution is 5.91. The molecule has 4 rings (SSSR count). The Labute approximate surface area is 190 Å². The zero-order chi connectivity index (χ0) is 22.5. The number of methoxy groups -OCH3 is 2. The number of anilines is 2. The molecule has 172 valence electrons. The molecular weight excluding hydrogens is 404 g/mol. The number of ether oxygens (including phenoxy) is 2. The molecule has 2 amide bonds. The Kier molecular flexibility index (Phi) is 7.05. The van der Waals surface area contributed by atoms with Crippen LogP contribution in [0.3, 0.4) is 0 Å². The molecule has 0 radical (unpaired) electrons. The Morgan fingerprint density at radius 1 is 1.06 bits per heavy atom. The van der Waals surface area contributed by atoms with Gasteiger partial charge in [0.05, 0.1) is 25.9 Å². The monoisotopic (exact) mass is 438 g/mol. The van der Waals surface area contributed by atoms with E-state index in [9.17, 15) is 4.79 Å². The summed E-state index contributed by atoms with van der Waals surface area (Å²) < 4.78 is 10.8. The molecule has 2 N–H and O–H groups in total. The van der Waals surface area contributed by atoms with Gasteiger partial charge >= 0.3 is 6.03 Å². The molecule has 0 bridgehead atoms. The highest BCUT2D eigenvalue weighted by Gasteiger charge is 2.25. The Bertz CT molecular complexity index is 943. The number of piperidine rings is 1. The maximum atomic E-state index is 12.8. The quantitative estimate of drug-likeness (QED) is 0.683. The van der Waals surface area contributed by atoms with Gasteiger partial charge < -0.3 is 25.0 Å². The molecule has 0 saturated carbocycles. The van der Waals surface area contributed by atoms with Crippen LogP contribution >= 0.6 is 0 Å². The number of hydrogen-bond donors (Lipinski definition) is 2. The number of likely N-dealkylation sites (N-methyl/N-ethyl adjacent to an activating group) is 1. The van der Waals surface area contributed by atoms with Gasteiger partial charge in [-0.1, -0.05) is 24.6 Å². The van der Waals surface area contributed by atoms with Gasteiger partial charge in [-0.15, -0.1) is 0 Å². The number of nitrogens with one attached hydrogen (secondary N) is 2. The van der Waals surface area contributed by atoms with Crippen LogP contribution in [0.2, 0.25) is 0 Å². The fourth-order valence-corrected chi connectivity index (χ4v) is 4.82. The Hall–Kier alpha value is -2.93. The molecule has 0 aliphatic carbocycles. The number of carbonyl (C=O) groups is 1. The molecule has 2 aromatic rings. The van der Waals surface area contributed by atoms with E-state index < -0.39 is 0 Å². The highest BCUT2D eigenvalue weighted by Crippen LogP contribution is 2.35. The topological polar surface area (TPSA) is 66.1 Å². The second kappa shape index (κ2) is 10.1. The van der Waals surface area contributed by atoms with E-state index in [4.69, 9.17) is 9.47 Å². The fourth-order valence-electron chi connectivity index (χ4n) is 4.82. The number of para-hydroxylation sites is 1. The summed E-state index contributed by atoms with van der Waals surface area (Å²) in [5.74, 6) is 1.10. The molecular formula is C25H34N4O3. The summed E-state index contributed by atoms with van der Waals surface area (Å²) in [6.07, 6.45) is 4.77. The second-order valence-corrected chi connectivity index (χ2v) is 8.55. The number of fused-ring (bicyclic) bond motifs is 1. The van der Waals surface area contributed by atoms with Gasteiger partial charge in [-0.05, 0) is 61.7 Å². The van der Waals surface area contributed by atoms with Gasteiger partial charge in [0, 0.05) is 25.8 Å². The van der Waals surface area contributed by atoms with Gasteiger partial charge in [0.2, 0.25) is 0 Å². The van der Waals surface area contributed by atoms with E-state index in [1.165, 1.54) is 36.1 Å². The summed E-state index contributed by atoms with van der Waals surface area (Å²) >= 11 is 0. The minimum Gasteiger partial charge on any atom is -0.493 e. The van der Waals surface area contributed by atoms with Crippen molar-refractivity contribution in [2.45, 2.75) is 31.7 Å². The second-order valence-electron chi connectivity index (χ2n) is 8.55. The molecule has 2 aliphatic heterocycles. The van der Waals surface area contributed by atoms with E-state index in [-0.39, 0.29) is 12.1 Å². The largest absolute Gasteiger partial charge is 0.493 e. The summed E-state index contributed by atoms with van der Waals surface area (Å²) in [5.41, 5.74) is 4.58. The third kappa shape index (κ3) is 4.78. The minimum atomic E-state index is -0.251. The average Bonchev–Trinajstić information content (AvgIpc) is 3.19. The maximum absolute atomic E-state index is 12.8. The number of benzene rings is 2. The summed E-state index contributed by atoms with van der Waals surface area (Å²) in [5, 5.41) is 6.01. The van der Waals surface area contributed by atoms with E-state index >= 15 is 0 Å². The van der Waals surface area contributed by atoms with Crippen molar-refractivity contribution in [3.8, 4) is 11.5 Å². The number of rotatable bonds is 7. The van der Waals surface area contributed by atoms with Gasteiger partial charge in [0.15, 0.2) is 11.5 Å². The molecule has 2 aliphatic rings. The molecule has 1 fully saturated rings. The number of nitrogens with zero attached hydrogens (tertiary/aromatic N) is 2. The summed E-state index contributed by atoms with van der Waals surface area (Å²) in [4.78, 5) is 17.6. The van der Waals surface area contributed by atoms with Crippen molar-refractivity contribution in [2.75, 3.05) is 57.7 Å². The lowest BCUT2D eigenvalue weighted by Crippen LogP contribution is -2.41. The third-order valence-corrected chi connectivity index (χ3v) is 6.55. The van der Waals surface area contributed by atoms with Gasteiger partial charge in [0.1, 0.15) is 0 Å². The van der Waals surface area contributed by atoms with Crippen LogP contribution in [0.25, 0.3) is 0 Å². The molecule has 0 aromatic heterocycles. The summed E-state index contributed by atoms with van der Waals surface area (Å²) in [7, 11) is 5.30. The van der Waals surface area contributed by atoms with Crippen LogP contribution in [0.1, 0.15) is 36.4 Å². The fraction of sp³-hybridized carbons (Fsp3) is 0.480. The molecule has 0 spiro atoms. The lowest BCUT2D eigenvalue weighted by Gasteiger charge is -2.35. The van der Waals surface area contributed by atoms with Gasteiger partial charge in [-0.2, -0.15) is 0 Å². The van der Waals surface area contributed by atoms with Crippen LogP contribution in [0.4, 0.5) is 16.2 Å². The first-order valence-electron chi connectivity index (χ1n) is 11.4. The van der Waals surface area contributed by atoms with Crippen LogP contribution in [-0.2, 0) is 6.42 Å². The smallest absolute Gasteiger partial charge is 0.319 e. The van der Waals surface area contributed by atoms with Crippen molar-refractivity contribution in [3.63, 3.8) is 0 Å². The molecule has 1 saturated heterocycles. The first-order valence-corrected chi connectivity index (χ1v) is 11.4. The predicted octanol–water partition coefficient (Wildman–Crippen LogP) is 4.04. The first kappa shape index (κ1) is 22.3. The molecule has 1 atom stereocenters. The molecule has 7 heteroatoms. The molecule has 2 heterocycles. The van der Waals surface area contributed by atoms with Crippen molar-refractivity contribution in [2.24, 2.45) is 0 Å². The van der Waals surface area contributed by atoms with Gasteiger partial charge in [-0.3, -0.25) is 4.90 Å². The normalized spacial score (nSPS) is 16.9. The van der Waals surface area contributed by atoms with Crippen LogP contribution in [0.5, 0.6) is 11.5 Å². The average molecular weight is 439 g/mol. The summed E-state index contributed by atoms with van der Waals surface area (Å²) in [6, 6.07) is 12.1. The minimum absolute atomic E-state index is 0.157. The van der Waals surface area contributed by atoms with Crippen molar-refractivity contribution < 1.29 is 14.3 Å². The molecule has 0 unspecified atom stereocenters. The van der Waals surface area contributed by atoms with E-state index in [2.05, 4.69) is 45.7 Å². The van der Waals surface area contributed by atoms with Gasteiger partial charge in [0.25, 0.3) is 0 Å². The highest BCUT2D eigenvalue weighted by atomic mass is 16.5. The first-order chi connectivity index (χ1) is 15.6. The van der Waals surface area contributed by atoms with Crippen molar-refractivity contribution >= 4 is 17.4 Å². The van der Waals surface area contributed by atoms with Crippen LogP contribution in [-0.4, -0.2) is 58.4 Å². The predicted molar refractivity (Wildman–Crippen MR) is 128 cm³/mol. The Balaban J connectivity index is 1.48. The number of hydrogen-bond acceptors (Lipinski definition) is 5. The number of urea groups is 1. The molecule has 2 aromatic carbocycles. The van der Waals surface area contributed by atoms with E-state index in [1.54, 1.807) is 26.4 Å². The zero-order valence-corrected chi connectivity index (χ0v) is 19.3. The van der Waals surface area contributed by atoms with E-state index in [0.717, 1.165) is 26.1 Å². The maximum Gasteiger partial charge on any atom is 0.319 e. The van der Waals surface area contributed by atoms with Gasteiger partial charge in [-0.25, -0.2) is 4.79 Å². The Morgan fingerprint density at radius 2 is 1.88 bits per heavy atom. The van der Waals surface area contributed by atoms with Crippen molar-refractivity contribution in [1.82, 2.24) is 10.2 Å². The number of amides is 2. The van der Waals surface area contributed by atoms with Crippen LogP contribution in [0, 0.1) is 0 Å².